The van der Waals surface area contributed by atoms with Crippen LogP contribution in [0.4, 0.5) is 4.39 Å². The van der Waals surface area contributed by atoms with Crippen molar-refractivity contribution in [2.75, 3.05) is 6.61 Å². The number of hydrogen-bond donors (Lipinski definition) is 1. The van der Waals surface area contributed by atoms with Crippen molar-refractivity contribution in [3.05, 3.63) is 63.9 Å². The number of hydrogen-bond acceptors (Lipinski definition) is 2. The molecule has 1 unspecified atom stereocenters. The van der Waals surface area contributed by atoms with Gasteiger partial charge in [0.05, 0.1) is 10.5 Å². The van der Waals surface area contributed by atoms with Gasteiger partial charge >= 0.3 is 0 Å². The molecule has 0 heterocycles. The van der Waals surface area contributed by atoms with Gasteiger partial charge in [-0.2, -0.15) is 0 Å². The van der Waals surface area contributed by atoms with Crippen LogP contribution in [-0.4, -0.2) is 12.5 Å². The average molecular weight is 366 g/mol. The molecule has 0 radical (unpaired) electrons. The number of carbonyl (C=O) groups is 1. The van der Waals surface area contributed by atoms with Crippen LogP contribution in [0.5, 0.6) is 5.75 Å². The molecule has 22 heavy (non-hydrogen) atoms. The Labute approximate surface area is 137 Å². The Morgan fingerprint density at radius 2 is 1.95 bits per heavy atom. The first-order valence-corrected chi connectivity index (χ1v) is 7.69. The Hall–Kier alpha value is -1.88. The van der Waals surface area contributed by atoms with Crippen LogP contribution >= 0.6 is 15.9 Å². The first-order chi connectivity index (χ1) is 10.5. The van der Waals surface area contributed by atoms with Crippen molar-refractivity contribution >= 4 is 21.8 Å². The Kier molecular flexibility index (Phi) is 5.55. The van der Waals surface area contributed by atoms with Gasteiger partial charge in [-0.25, -0.2) is 4.39 Å². The maximum absolute atomic E-state index is 12.9. The number of benzene rings is 2. The third-order valence-electron chi connectivity index (χ3n) is 3.19. The van der Waals surface area contributed by atoms with Crippen molar-refractivity contribution in [2.45, 2.75) is 19.9 Å². The standard InChI is InChI=1S/C17H17BrFNO2/c1-11-3-8-16(15(18)9-11)22-10-17(21)20-12(2)13-4-6-14(19)7-5-13/h3-9,12H,10H2,1-2H3,(H,20,21). The maximum atomic E-state index is 12.9. The van der Waals surface area contributed by atoms with Gasteiger partial charge in [-0.15, -0.1) is 0 Å². The molecule has 5 heteroatoms. The van der Waals surface area contributed by atoms with Crippen LogP contribution in [0.1, 0.15) is 24.1 Å². The zero-order valence-electron chi connectivity index (χ0n) is 12.4. The van der Waals surface area contributed by atoms with Crippen molar-refractivity contribution in [1.29, 1.82) is 0 Å². The second-order valence-electron chi connectivity index (χ2n) is 5.06. The molecule has 0 saturated heterocycles. The first-order valence-electron chi connectivity index (χ1n) is 6.89. The van der Waals surface area contributed by atoms with Gasteiger partial charge in [0.1, 0.15) is 11.6 Å². The van der Waals surface area contributed by atoms with Gasteiger partial charge in [0.25, 0.3) is 5.91 Å². The zero-order valence-corrected chi connectivity index (χ0v) is 14.0. The summed E-state index contributed by atoms with van der Waals surface area (Å²) < 4.78 is 19.2. The van der Waals surface area contributed by atoms with E-state index in [1.807, 2.05) is 32.0 Å². The second-order valence-corrected chi connectivity index (χ2v) is 5.92. The van der Waals surface area contributed by atoms with E-state index < -0.39 is 0 Å². The summed E-state index contributed by atoms with van der Waals surface area (Å²) in [5.41, 5.74) is 1.94. The molecule has 2 rings (SSSR count). The Balaban J connectivity index is 1.88. The summed E-state index contributed by atoms with van der Waals surface area (Å²) in [6.07, 6.45) is 0. The summed E-state index contributed by atoms with van der Waals surface area (Å²) in [4.78, 5) is 11.9. The van der Waals surface area contributed by atoms with E-state index in [1.165, 1.54) is 12.1 Å². The van der Waals surface area contributed by atoms with Crippen molar-refractivity contribution in [1.82, 2.24) is 5.32 Å². The fourth-order valence-electron chi connectivity index (χ4n) is 1.98. The lowest BCUT2D eigenvalue weighted by Gasteiger charge is -2.15. The Morgan fingerprint density at radius 1 is 1.27 bits per heavy atom. The minimum atomic E-state index is -0.296. The van der Waals surface area contributed by atoms with Gasteiger partial charge in [0, 0.05) is 0 Å². The number of nitrogens with one attached hydrogen (secondary N) is 1. The van der Waals surface area contributed by atoms with E-state index in [-0.39, 0.29) is 24.4 Å². The van der Waals surface area contributed by atoms with Gasteiger partial charge in [-0.05, 0) is 65.2 Å². The van der Waals surface area contributed by atoms with Crippen LogP contribution in [0.15, 0.2) is 46.9 Å². The molecule has 1 atom stereocenters. The molecule has 2 aromatic rings. The van der Waals surface area contributed by atoms with Gasteiger partial charge < -0.3 is 10.1 Å². The lowest BCUT2D eigenvalue weighted by Crippen LogP contribution is -2.31. The predicted molar refractivity (Wildman–Crippen MR) is 87.3 cm³/mol. The lowest BCUT2D eigenvalue weighted by molar-refractivity contribution is -0.123. The van der Waals surface area contributed by atoms with Gasteiger partial charge in [0.15, 0.2) is 6.61 Å². The molecule has 0 aliphatic heterocycles. The van der Waals surface area contributed by atoms with E-state index in [4.69, 9.17) is 4.74 Å². The Morgan fingerprint density at radius 3 is 2.59 bits per heavy atom. The minimum absolute atomic E-state index is 0.0762. The van der Waals surface area contributed by atoms with Crippen LogP contribution in [0, 0.1) is 12.7 Å². The highest BCUT2D eigenvalue weighted by Gasteiger charge is 2.11. The van der Waals surface area contributed by atoms with Crippen LogP contribution in [0.2, 0.25) is 0 Å². The molecule has 0 bridgehead atoms. The summed E-state index contributed by atoms with van der Waals surface area (Å²) in [5.74, 6) is 0.0920. The molecular weight excluding hydrogens is 349 g/mol. The monoisotopic (exact) mass is 365 g/mol. The van der Waals surface area contributed by atoms with E-state index in [1.54, 1.807) is 12.1 Å². The number of carbonyl (C=O) groups excluding carboxylic acids is 1. The smallest absolute Gasteiger partial charge is 0.258 e. The summed E-state index contributed by atoms with van der Waals surface area (Å²) in [6, 6.07) is 11.5. The minimum Gasteiger partial charge on any atom is -0.483 e. The summed E-state index contributed by atoms with van der Waals surface area (Å²) in [6.45, 7) is 3.74. The summed E-state index contributed by atoms with van der Waals surface area (Å²) in [7, 11) is 0. The third kappa shape index (κ3) is 4.56. The molecule has 0 aromatic heterocycles. The molecule has 0 aliphatic carbocycles. The van der Waals surface area contributed by atoms with E-state index in [0.29, 0.717) is 5.75 Å². The van der Waals surface area contributed by atoms with Crippen molar-refractivity contribution < 1.29 is 13.9 Å². The van der Waals surface area contributed by atoms with Crippen molar-refractivity contribution in [3.8, 4) is 5.75 Å². The highest BCUT2D eigenvalue weighted by molar-refractivity contribution is 9.10. The molecule has 0 fully saturated rings. The van der Waals surface area contributed by atoms with E-state index in [9.17, 15) is 9.18 Å². The fourth-order valence-corrected chi connectivity index (χ4v) is 2.59. The van der Waals surface area contributed by atoms with Crippen molar-refractivity contribution in [2.24, 2.45) is 0 Å². The van der Waals surface area contributed by atoms with Crippen LogP contribution < -0.4 is 10.1 Å². The largest absolute Gasteiger partial charge is 0.483 e. The van der Waals surface area contributed by atoms with Gasteiger partial charge in [-0.1, -0.05) is 18.2 Å². The maximum Gasteiger partial charge on any atom is 0.258 e. The number of amides is 1. The van der Waals surface area contributed by atoms with Gasteiger partial charge in [-0.3, -0.25) is 4.79 Å². The molecule has 1 N–H and O–H groups in total. The third-order valence-corrected chi connectivity index (χ3v) is 3.81. The van der Waals surface area contributed by atoms with Crippen LogP contribution in [0.3, 0.4) is 0 Å². The molecule has 0 spiro atoms. The summed E-state index contributed by atoms with van der Waals surface area (Å²) >= 11 is 3.40. The Bertz CT molecular complexity index is 658. The first kappa shape index (κ1) is 16.5. The van der Waals surface area contributed by atoms with Gasteiger partial charge in [0.2, 0.25) is 0 Å². The molecule has 0 saturated carbocycles. The lowest BCUT2D eigenvalue weighted by atomic mass is 10.1. The molecule has 3 nitrogen and oxygen atoms in total. The molecule has 2 aromatic carbocycles. The summed E-state index contributed by atoms with van der Waals surface area (Å²) in [5, 5.41) is 2.82. The second kappa shape index (κ2) is 7.40. The number of rotatable bonds is 5. The molecule has 0 aliphatic rings. The molecular formula is C17H17BrFNO2. The SMILES string of the molecule is Cc1ccc(OCC(=O)NC(C)c2ccc(F)cc2)c(Br)c1. The molecule has 116 valence electrons. The number of halogens is 2. The van der Waals surface area contributed by atoms with Crippen LogP contribution in [0.25, 0.3) is 0 Å². The topological polar surface area (TPSA) is 38.3 Å². The fraction of sp³-hybridized carbons (Fsp3) is 0.235. The average Bonchev–Trinajstić information content (AvgIpc) is 2.47. The highest BCUT2D eigenvalue weighted by atomic mass is 79.9. The quantitative estimate of drug-likeness (QED) is 0.863. The number of ether oxygens (including phenoxy) is 1. The normalized spacial score (nSPS) is 11.8. The van der Waals surface area contributed by atoms with Crippen molar-refractivity contribution in [3.63, 3.8) is 0 Å². The number of aryl methyl sites for hydroxylation is 1. The van der Waals surface area contributed by atoms with Crippen LogP contribution in [-0.2, 0) is 4.79 Å². The van der Waals surface area contributed by atoms with E-state index in [2.05, 4.69) is 21.2 Å². The van der Waals surface area contributed by atoms with E-state index in [0.717, 1.165) is 15.6 Å². The van der Waals surface area contributed by atoms with E-state index >= 15 is 0 Å². The highest BCUT2D eigenvalue weighted by Crippen LogP contribution is 2.25. The zero-order chi connectivity index (χ0) is 16.1. The predicted octanol–water partition coefficient (Wildman–Crippen LogP) is 4.15. The molecule has 1 amide bonds.